The fraction of sp³-hybridized carbons (Fsp3) is 0.538. The van der Waals surface area contributed by atoms with E-state index >= 15 is 0 Å². The monoisotopic (exact) mass is 190 g/mol. The molecule has 76 valence electrons. The number of rotatable bonds is 0. The van der Waals surface area contributed by atoms with Gasteiger partial charge in [0.1, 0.15) is 6.10 Å². The van der Waals surface area contributed by atoms with Gasteiger partial charge in [0.25, 0.3) is 0 Å². The van der Waals surface area contributed by atoms with Crippen LogP contribution in [0, 0.1) is 11.8 Å². The Kier molecular flexibility index (Phi) is 5.11. The topological polar surface area (TPSA) is 20.2 Å². The molecule has 1 aliphatic rings. The molecule has 1 atom stereocenters. The molecule has 0 aromatic carbocycles. The molecule has 0 heterocycles. The van der Waals surface area contributed by atoms with E-state index in [4.69, 9.17) is 0 Å². The van der Waals surface area contributed by atoms with E-state index in [1.807, 2.05) is 0 Å². The molecule has 0 spiro atoms. The van der Waals surface area contributed by atoms with Crippen molar-refractivity contribution < 1.29 is 5.11 Å². The standard InChI is InChI=1S/C13H18O/c1-12-9-7-5-3-2-4-6-8-10-13(14)11-12/h2-3,13-14H,1,4-7,9,11H2/b3-2+. The summed E-state index contributed by atoms with van der Waals surface area (Å²) in [4.78, 5) is 0. The van der Waals surface area contributed by atoms with Crippen LogP contribution in [0.4, 0.5) is 0 Å². The van der Waals surface area contributed by atoms with Crippen LogP contribution >= 0.6 is 0 Å². The largest absolute Gasteiger partial charge is 0.380 e. The predicted molar refractivity (Wildman–Crippen MR) is 59.8 cm³/mol. The van der Waals surface area contributed by atoms with Crippen molar-refractivity contribution in [2.75, 3.05) is 0 Å². The maximum absolute atomic E-state index is 9.51. The van der Waals surface area contributed by atoms with Crippen molar-refractivity contribution >= 4 is 0 Å². The summed E-state index contributed by atoms with van der Waals surface area (Å²) in [5.74, 6) is 5.82. The number of hydrogen-bond acceptors (Lipinski definition) is 1. The van der Waals surface area contributed by atoms with Crippen molar-refractivity contribution in [2.45, 2.75) is 44.6 Å². The summed E-state index contributed by atoms with van der Waals surface area (Å²) in [5.41, 5.74) is 1.11. The van der Waals surface area contributed by atoms with Gasteiger partial charge in [-0.05, 0) is 25.7 Å². The second kappa shape index (κ2) is 6.45. The number of allylic oxidation sites excluding steroid dienone is 2. The van der Waals surface area contributed by atoms with Gasteiger partial charge in [0, 0.05) is 12.8 Å². The SMILES string of the molecule is C=C1CCC/C=C/CCC#CC(O)C1. The van der Waals surface area contributed by atoms with Crippen molar-refractivity contribution in [1.82, 2.24) is 0 Å². The second-order valence-corrected chi connectivity index (χ2v) is 3.69. The van der Waals surface area contributed by atoms with Gasteiger partial charge in [0.05, 0.1) is 0 Å². The molecule has 0 fully saturated rings. The first-order chi connectivity index (χ1) is 6.79. The van der Waals surface area contributed by atoms with Crippen LogP contribution in [-0.4, -0.2) is 11.2 Å². The summed E-state index contributed by atoms with van der Waals surface area (Å²) in [6, 6.07) is 0. The van der Waals surface area contributed by atoms with E-state index in [-0.39, 0.29) is 0 Å². The first-order valence-corrected chi connectivity index (χ1v) is 5.27. The lowest BCUT2D eigenvalue weighted by molar-refractivity contribution is 0.231. The highest BCUT2D eigenvalue weighted by molar-refractivity contribution is 5.10. The molecule has 0 saturated heterocycles. The highest BCUT2D eigenvalue weighted by Gasteiger charge is 2.02. The van der Waals surface area contributed by atoms with Gasteiger partial charge in [0.15, 0.2) is 0 Å². The van der Waals surface area contributed by atoms with Gasteiger partial charge in [-0.15, -0.1) is 5.92 Å². The van der Waals surface area contributed by atoms with E-state index in [0.29, 0.717) is 6.42 Å². The highest BCUT2D eigenvalue weighted by Crippen LogP contribution is 2.12. The summed E-state index contributed by atoms with van der Waals surface area (Å²) in [7, 11) is 0. The van der Waals surface area contributed by atoms with E-state index in [9.17, 15) is 5.11 Å². The molecule has 1 heteroatoms. The van der Waals surface area contributed by atoms with Gasteiger partial charge in [-0.2, -0.15) is 0 Å². The molecule has 1 aliphatic carbocycles. The van der Waals surface area contributed by atoms with Crippen LogP contribution in [0.25, 0.3) is 0 Å². The third-order valence-corrected chi connectivity index (χ3v) is 2.25. The molecule has 1 unspecified atom stereocenters. The van der Waals surface area contributed by atoms with E-state index in [1.165, 1.54) is 0 Å². The average Bonchev–Trinajstić information content (AvgIpc) is 2.13. The number of aliphatic hydroxyl groups excluding tert-OH is 1. The zero-order valence-electron chi connectivity index (χ0n) is 8.63. The number of hydrogen-bond donors (Lipinski definition) is 1. The fourth-order valence-electron chi connectivity index (χ4n) is 1.48. The van der Waals surface area contributed by atoms with Crippen molar-refractivity contribution in [3.05, 3.63) is 24.3 Å². The minimum absolute atomic E-state index is 0.508. The van der Waals surface area contributed by atoms with Crippen LogP contribution in [0.1, 0.15) is 38.5 Å². The molecule has 14 heavy (non-hydrogen) atoms. The van der Waals surface area contributed by atoms with Crippen LogP contribution < -0.4 is 0 Å². The molecule has 1 rings (SSSR count). The van der Waals surface area contributed by atoms with Gasteiger partial charge in [-0.3, -0.25) is 0 Å². The molecular formula is C13H18O. The molecular weight excluding hydrogens is 172 g/mol. The van der Waals surface area contributed by atoms with E-state index in [0.717, 1.165) is 37.7 Å². The Morgan fingerprint density at radius 2 is 2.14 bits per heavy atom. The van der Waals surface area contributed by atoms with E-state index in [1.54, 1.807) is 0 Å². The average molecular weight is 190 g/mol. The molecule has 0 saturated carbocycles. The van der Waals surface area contributed by atoms with Gasteiger partial charge in [0.2, 0.25) is 0 Å². The smallest absolute Gasteiger partial charge is 0.118 e. The third kappa shape index (κ3) is 4.89. The Hall–Kier alpha value is -1.00. The third-order valence-electron chi connectivity index (χ3n) is 2.25. The zero-order chi connectivity index (χ0) is 10.2. The predicted octanol–water partition coefficient (Wildman–Crippen LogP) is 2.82. The zero-order valence-corrected chi connectivity index (χ0v) is 8.63. The maximum Gasteiger partial charge on any atom is 0.118 e. The quantitative estimate of drug-likeness (QED) is 0.460. The van der Waals surface area contributed by atoms with E-state index < -0.39 is 6.10 Å². The molecule has 0 amide bonds. The first-order valence-electron chi connectivity index (χ1n) is 5.27. The Morgan fingerprint density at radius 3 is 3.00 bits per heavy atom. The summed E-state index contributed by atoms with van der Waals surface area (Å²) in [5, 5.41) is 9.51. The highest BCUT2D eigenvalue weighted by atomic mass is 16.3. The molecule has 1 nitrogen and oxygen atoms in total. The lowest BCUT2D eigenvalue weighted by Crippen LogP contribution is -2.04. The minimum atomic E-state index is -0.508. The molecule has 0 aromatic heterocycles. The number of aliphatic hydroxyl groups is 1. The molecule has 0 bridgehead atoms. The Morgan fingerprint density at radius 1 is 1.36 bits per heavy atom. The first kappa shape index (κ1) is 11.1. The molecule has 0 radical (unpaired) electrons. The molecule has 1 N–H and O–H groups in total. The minimum Gasteiger partial charge on any atom is -0.380 e. The van der Waals surface area contributed by atoms with Crippen LogP contribution in [0.3, 0.4) is 0 Å². The lowest BCUT2D eigenvalue weighted by Gasteiger charge is -2.06. The van der Waals surface area contributed by atoms with Crippen molar-refractivity contribution in [2.24, 2.45) is 0 Å². The fourth-order valence-corrected chi connectivity index (χ4v) is 1.48. The van der Waals surface area contributed by atoms with Gasteiger partial charge in [-0.25, -0.2) is 0 Å². The van der Waals surface area contributed by atoms with Crippen LogP contribution in [0.15, 0.2) is 24.3 Å². The summed E-state index contributed by atoms with van der Waals surface area (Å²) in [6.07, 6.45) is 9.61. The Bertz CT molecular complexity index is 265. The van der Waals surface area contributed by atoms with Gasteiger partial charge < -0.3 is 5.11 Å². The maximum atomic E-state index is 9.51. The van der Waals surface area contributed by atoms with Crippen molar-refractivity contribution in [3.8, 4) is 11.8 Å². The summed E-state index contributed by atoms with van der Waals surface area (Å²) in [6.45, 7) is 3.94. The Labute approximate surface area is 86.5 Å². The van der Waals surface area contributed by atoms with Gasteiger partial charge in [-0.1, -0.05) is 30.2 Å². The van der Waals surface area contributed by atoms with Crippen LogP contribution in [0.5, 0.6) is 0 Å². The van der Waals surface area contributed by atoms with E-state index in [2.05, 4.69) is 30.6 Å². The molecule has 0 aliphatic heterocycles. The van der Waals surface area contributed by atoms with Crippen LogP contribution in [0.2, 0.25) is 0 Å². The van der Waals surface area contributed by atoms with Crippen LogP contribution in [-0.2, 0) is 0 Å². The molecule has 0 aromatic rings. The normalized spacial score (nSPS) is 26.6. The summed E-state index contributed by atoms with van der Waals surface area (Å²) >= 11 is 0. The second-order valence-electron chi connectivity index (χ2n) is 3.69. The lowest BCUT2D eigenvalue weighted by atomic mass is 10.0. The Balaban J connectivity index is 2.49. The van der Waals surface area contributed by atoms with Crippen molar-refractivity contribution in [1.29, 1.82) is 0 Å². The van der Waals surface area contributed by atoms with Gasteiger partial charge >= 0.3 is 0 Å². The van der Waals surface area contributed by atoms with Crippen molar-refractivity contribution in [3.63, 3.8) is 0 Å². The summed E-state index contributed by atoms with van der Waals surface area (Å²) < 4.78 is 0.